The van der Waals surface area contributed by atoms with Crippen molar-refractivity contribution < 1.29 is 14.6 Å². The predicted molar refractivity (Wildman–Crippen MR) is 53.4 cm³/mol. The second-order valence-electron chi connectivity index (χ2n) is 3.21. The van der Waals surface area contributed by atoms with Gasteiger partial charge < -0.3 is 15.6 Å². The van der Waals surface area contributed by atoms with Crippen molar-refractivity contribution in [3.63, 3.8) is 0 Å². The Hall–Kier alpha value is -1.40. The minimum Gasteiger partial charge on any atom is -0.464 e. The Labute approximate surface area is 87.6 Å². The molecular formula is C9H15N3O3. The predicted octanol–water partition coefficient (Wildman–Crippen LogP) is -0.759. The highest BCUT2D eigenvalue weighted by Crippen LogP contribution is 2.18. The van der Waals surface area contributed by atoms with E-state index in [0.717, 1.165) is 0 Å². The van der Waals surface area contributed by atoms with Gasteiger partial charge >= 0.3 is 5.97 Å². The van der Waals surface area contributed by atoms with Crippen LogP contribution in [0, 0.1) is 0 Å². The van der Waals surface area contributed by atoms with Crippen molar-refractivity contribution in [2.75, 3.05) is 20.3 Å². The van der Waals surface area contributed by atoms with Crippen molar-refractivity contribution in [1.82, 2.24) is 9.78 Å². The molecular weight excluding hydrogens is 198 g/mol. The van der Waals surface area contributed by atoms with Crippen LogP contribution in [0.5, 0.6) is 0 Å². The van der Waals surface area contributed by atoms with Crippen LogP contribution in [0.15, 0.2) is 6.20 Å². The van der Waals surface area contributed by atoms with E-state index in [-0.39, 0.29) is 24.8 Å². The third-order valence-electron chi connectivity index (χ3n) is 2.18. The molecule has 1 unspecified atom stereocenters. The molecule has 0 fully saturated rings. The van der Waals surface area contributed by atoms with E-state index in [4.69, 9.17) is 10.8 Å². The van der Waals surface area contributed by atoms with Crippen LogP contribution in [0.3, 0.4) is 0 Å². The summed E-state index contributed by atoms with van der Waals surface area (Å²) >= 11 is 0. The van der Waals surface area contributed by atoms with Gasteiger partial charge in [-0.15, -0.1) is 0 Å². The van der Waals surface area contributed by atoms with Gasteiger partial charge in [0, 0.05) is 31.3 Å². The third-order valence-corrected chi connectivity index (χ3v) is 2.18. The minimum atomic E-state index is -0.516. The van der Waals surface area contributed by atoms with Crippen LogP contribution in [-0.2, 0) is 11.8 Å². The maximum absolute atomic E-state index is 11.4. The number of esters is 1. The summed E-state index contributed by atoms with van der Waals surface area (Å²) in [5, 5.41) is 13.1. The summed E-state index contributed by atoms with van der Waals surface area (Å²) in [6, 6.07) is 0. The fourth-order valence-electron chi connectivity index (χ4n) is 1.36. The van der Waals surface area contributed by atoms with Crippen LogP contribution in [-0.4, -0.2) is 41.1 Å². The summed E-state index contributed by atoms with van der Waals surface area (Å²) in [5.41, 5.74) is 6.32. The van der Waals surface area contributed by atoms with E-state index in [1.807, 2.05) is 0 Å². The Morgan fingerprint density at radius 3 is 2.93 bits per heavy atom. The monoisotopic (exact) mass is 213 g/mol. The number of aromatic nitrogens is 2. The molecule has 1 aromatic heterocycles. The molecule has 0 aliphatic heterocycles. The van der Waals surface area contributed by atoms with Crippen LogP contribution in [0.1, 0.15) is 22.0 Å². The summed E-state index contributed by atoms with van der Waals surface area (Å²) in [6.07, 6.45) is 1.67. The molecule has 0 spiro atoms. The Morgan fingerprint density at radius 2 is 2.47 bits per heavy atom. The Bertz CT molecular complexity index is 344. The van der Waals surface area contributed by atoms with Gasteiger partial charge in [-0.05, 0) is 0 Å². The standard InChI is InChI=1S/C9H15N3O3/c1-12-4-7(6(3-10)5-13)8(11-12)9(14)15-2/h4,6,13H,3,5,10H2,1-2H3. The number of hydrogen-bond acceptors (Lipinski definition) is 5. The Balaban J connectivity index is 3.10. The first-order valence-electron chi connectivity index (χ1n) is 4.56. The molecule has 1 rings (SSSR count). The van der Waals surface area contributed by atoms with Crippen molar-refractivity contribution in [2.24, 2.45) is 12.8 Å². The van der Waals surface area contributed by atoms with Gasteiger partial charge in [0.05, 0.1) is 13.7 Å². The maximum atomic E-state index is 11.4. The highest BCUT2D eigenvalue weighted by molar-refractivity contribution is 5.88. The largest absolute Gasteiger partial charge is 0.464 e. The van der Waals surface area contributed by atoms with E-state index >= 15 is 0 Å². The molecule has 0 radical (unpaired) electrons. The van der Waals surface area contributed by atoms with Gasteiger partial charge in [0.25, 0.3) is 0 Å². The van der Waals surface area contributed by atoms with E-state index in [1.54, 1.807) is 13.2 Å². The first-order chi connectivity index (χ1) is 7.13. The number of carbonyl (C=O) groups is 1. The average molecular weight is 213 g/mol. The molecule has 1 aromatic rings. The number of nitrogens with two attached hydrogens (primary N) is 1. The Morgan fingerprint density at radius 1 is 1.80 bits per heavy atom. The lowest BCUT2D eigenvalue weighted by molar-refractivity contribution is 0.0591. The second-order valence-corrected chi connectivity index (χ2v) is 3.21. The molecule has 3 N–H and O–H groups in total. The van der Waals surface area contributed by atoms with Crippen molar-refractivity contribution in [1.29, 1.82) is 0 Å². The molecule has 0 aliphatic carbocycles. The summed E-state index contributed by atoms with van der Waals surface area (Å²) < 4.78 is 6.09. The number of aryl methyl sites for hydroxylation is 1. The van der Waals surface area contributed by atoms with Crippen LogP contribution < -0.4 is 5.73 Å². The number of carbonyl (C=O) groups excluding carboxylic acids is 1. The zero-order valence-electron chi connectivity index (χ0n) is 8.80. The van der Waals surface area contributed by atoms with Crippen LogP contribution in [0.4, 0.5) is 0 Å². The highest BCUT2D eigenvalue weighted by atomic mass is 16.5. The summed E-state index contributed by atoms with van der Waals surface area (Å²) in [6.45, 7) is 0.137. The van der Waals surface area contributed by atoms with Crippen LogP contribution in [0.2, 0.25) is 0 Å². The molecule has 0 saturated carbocycles. The maximum Gasteiger partial charge on any atom is 0.358 e. The molecule has 0 bridgehead atoms. The normalized spacial score (nSPS) is 12.5. The summed E-state index contributed by atoms with van der Waals surface area (Å²) in [7, 11) is 2.98. The molecule has 1 atom stereocenters. The van der Waals surface area contributed by atoms with Gasteiger partial charge in [0.15, 0.2) is 5.69 Å². The number of rotatable bonds is 4. The number of hydrogen-bond donors (Lipinski definition) is 2. The molecule has 0 aliphatic rings. The van der Waals surface area contributed by atoms with E-state index in [2.05, 4.69) is 9.84 Å². The second kappa shape index (κ2) is 4.90. The number of methoxy groups -OCH3 is 1. The highest BCUT2D eigenvalue weighted by Gasteiger charge is 2.22. The van der Waals surface area contributed by atoms with Gasteiger partial charge in [0.2, 0.25) is 0 Å². The van der Waals surface area contributed by atoms with Gasteiger partial charge in [-0.2, -0.15) is 5.10 Å². The van der Waals surface area contributed by atoms with Gasteiger partial charge in [-0.3, -0.25) is 4.68 Å². The quantitative estimate of drug-likeness (QED) is 0.642. The molecule has 0 aromatic carbocycles. The van der Waals surface area contributed by atoms with Gasteiger partial charge in [-0.25, -0.2) is 4.79 Å². The number of aliphatic hydroxyl groups excluding tert-OH is 1. The minimum absolute atomic E-state index is 0.119. The number of aliphatic hydroxyl groups is 1. The molecule has 6 nitrogen and oxygen atoms in total. The number of ether oxygens (including phenoxy) is 1. The van der Waals surface area contributed by atoms with E-state index < -0.39 is 5.97 Å². The zero-order valence-corrected chi connectivity index (χ0v) is 8.80. The van der Waals surface area contributed by atoms with Crippen LogP contribution in [0.25, 0.3) is 0 Å². The molecule has 1 heterocycles. The van der Waals surface area contributed by atoms with Crippen molar-refractivity contribution in [2.45, 2.75) is 5.92 Å². The van der Waals surface area contributed by atoms with E-state index in [1.165, 1.54) is 11.8 Å². The topological polar surface area (TPSA) is 90.4 Å². The van der Waals surface area contributed by atoms with Gasteiger partial charge in [-0.1, -0.05) is 0 Å². The SMILES string of the molecule is COC(=O)c1nn(C)cc1C(CN)CO. The average Bonchev–Trinajstić information content (AvgIpc) is 2.61. The van der Waals surface area contributed by atoms with Crippen molar-refractivity contribution in [3.8, 4) is 0 Å². The van der Waals surface area contributed by atoms with E-state index in [0.29, 0.717) is 5.56 Å². The third kappa shape index (κ3) is 2.34. The molecule has 15 heavy (non-hydrogen) atoms. The molecule has 0 saturated heterocycles. The lowest BCUT2D eigenvalue weighted by atomic mass is 10.0. The first kappa shape index (κ1) is 11.7. The number of nitrogens with zero attached hydrogens (tertiary/aromatic N) is 2. The fourth-order valence-corrected chi connectivity index (χ4v) is 1.36. The lowest BCUT2D eigenvalue weighted by Crippen LogP contribution is -2.18. The van der Waals surface area contributed by atoms with Crippen LogP contribution >= 0.6 is 0 Å². The lowest BCUT2D eigenvalue weighted by Gasteiger charge is -2.09. The van der Waals surface area contributed by atoms with Gasteiger partial charge in [0.1, 0.15) is 0 Å². The molecule has 84 valence electrons. The van der Waals surface area contributed by atoms with Crippen molar-refractivity contribution >= 4 is 5.97 Å². The summed E-state index contributed by atoms with van der Waals surface area (Å²) in [4.78, 5) is 11.4. The smallest absolute Gasteiger partial charge is 0.358 e. The Kier molecular flexibility index (Phi) is 3.81. The van der Waals surface area contributed by atoms with E-state index in [9.17, 15) is 4.79 Å². The fraction of sp³-hybridized carbons (Fsp3) is 0.556. The molecule has 6 heteroatoms. The first-order valence-corrected chi connectivity index (χ1v) is 4.56. The van der Waals surface area contributed by atoms with Crippen molar-refractivity contribution in [3.05, 3.63) is 17.5 Å². The molecule has 0 amide bonds. The summed E-state index contributed by atoms with van der Waals surface area (Å²) in [5.74, 6) is -0.801. The zero-order chi connectivity index (χ0) is 11.4.